The Morgan fingerprint density at radius 2 is 0.983 bits per heavy atom. The highest BCUT2D eigenvalue weighted by Crippen LogP contribution is 2.50. The van der Waals surface area contributed by atoms with Crippen molar-refractivity contribution >= 4 is 70.4 Å². The highest BCUT2D eigenvalue weighted by atomic mass is 32.1. The van der Waals surface area contributed by atoms with Crippen LogP contribution in [0.1, 0.15) is 11.4 Å². The van der Waals surface area contributed by atoms with Gasteiger partial charge in [0.15, 0.2) is 17.5 Å². The molecule has 0 aliphatic carbocycles. The van der Waals surface area contributed by atoms with Gasteiger partial charge in [-0.3, -0.25) is 0 Å². The number of fused-ring (bicyclic) bond motifs is 12. The summed E-state index contributed by atoms with van der Waals surface area (Å²) < 4.78 is 2.51. The molecule has 2 aromatic heterocycles. The zero-order valence-electron chi connectivity index (χ0n) is 31.3. The molecule has 1 aliphatic heterocycles. The monoisotopic (exact) mass is 758 g/mol. The molecule has 0 radical (unpaired) electrons. The molecule has 5 heteroatoms. The second-order valence-electron chi connectivity index (χ2n) is 14.4. The topological polar surface area (TPSA) is 50.7 Å². The van der Waals surface area contributed by atoms with Gasteiger partial charge in [-0.1, -0.05) is 170 Å². The van der Waals surface area contributed by atoms with E-state index in [1.165, 1.54) is 47.5 Å². The van der Waals surface area contributed by atoms with E-state index in [1.807, 2.05) is 78.2 Å². The second kappa shape index (κ2) is 14.2. The van der Waals surface area contributed by atoms with Gasteiger partial charge in [0.05, 0.1) is 5.69 Å². The fourth-order valence-electron chi connectivity index (χ4n) is 8.31. The van der Waals surface area contributed by atoms with Crippen molar-refractivity contribution in [3.63, 3.8) is 0 Å². The van der Waals surface area contributed by atoms with Crippen molar-refractivity contribution in [3.8, 4) is 45.0 Å². The van der Waals surface area contributed by atoms with Crippen molar-refractivity contribution < 1.29 is 0 Å². The zero-order chi connectivity index (χ0) is 38.4. The summed E-state index contributed by atoms with van der Waals surface area (Å²) >= 11 is 1.86. The predicted molar refractivity (Wildman–Crippen MR) is 246 cm³/mol. The lowest BCUT2D eigenvalue weighted by molar-refractivity contribution is 1.04. The minimum Gasteiger partial charge on any atom is -0.361 e. The van der Waals surface area contributed by atoms with E-state index in [0.29, 0.717) is 17.5 Å². The molecule has 0 unspecified atom stereocenters. The Labute approximate surface area is 339 Å². The van der Waals surface area contributed by atoms with Crippen molar-refractivity contribution in [2.75, 3.05) is 5.32 Å². The maximum Gasteiger partial charge on any atom is 0.164 e. The van der Waals surface area contributed by atoms with Gasteiger partial charge < -0.3 is 5.32 Å². The summed E-state index contributed by atoms with van der Waals surface area (Å²) in [6.45, 7) is 0. The fourth-order valence-corrected chi connectivity index (χ4v) is 9.56. The van der Waals surface area contributed by atoms with Crippen LogP contribution in [0, 0.1) is 0 Å². The Hall–Kier alpha value is -7.47. The van der Waals surface area contributed by atoms with Crippen LogP contribution in [0.15, 0.2) is 194 Å². The van der Waals surface area contributed by atoms with Crippen LogP contribution in [-0.2, 0) is 0 Å². The molecule has 10 aromatic rings. The zero-order valence-corrected chi connectivity index (χ0v) is 32.1. The molecule has 0 saturated carbocycles. The molecule has 58 heavy (non-hydrogen) atoms. The van der Waals surface area contributed by atoms with Gasteiger partial charge in [0.2, 0.25) is 0 Å². The Kier molecular flexibility index (Phi) is 8.30. The standard InChI is InChI=1S/C53H34N4S/c1-4-17-34(18-5-1)44-33-45-41(48-43-28-14-15-29-46(43)58-50(44)48)31-30-37(53-56-51(35-19-6-2-7-20-35)55-52(57-53)36-21-8-3-9-22-36)23-16-32-54-49-42-27-13-11-25-39(42)38-24-10-12-26-40(38)47(45)49/h1-33,54H/b31-30-,32-16+,37-23+. The maximum atomic E-state index is 5.14. The number of benzene rings is 8. The SMILES string of the molecule is C1=C/c2c(cc(-c3ccccc3)c3sc4ccccc4c23)-c2c(c3ccccc3c3ccccc23)N/C=C/C=C\1c1nc(-c2ccccc2)nc(-c2ccccc2)n1. The first-order valence-corrected chi connectivity index (χ1v) is 20.3. The molecule has 0 spiro atoms. The van der Waals surface area contributed by atoms with Gasteiger partial charge in [-0.15, -0.1) is 11.3 Å². The molecule has 1 aliphatic rings. The van der Waals surface area contributed by atoms with Gasteiger partial charge in [-0.25, -0.2) is 15.0 Å². The first-order chi connectivity index (χ1) is 28.8. The van der Waals surface area contributed by atoms with E-state index in [0.717, 1.165) is 44.5 Å². The van der Waals surface area contributed by atoms with Crippen molar-refractivity contribution in [2.45, 2.75) is 0 Å². The summed E-state index contributed by atoms with van der Waals surface area (Å²) in [6.07, 6.45) is 10.7. The first kappa shape index (κ1) is 33.8. The summed E-state index contributed by atoms with van der Waals surface area (Å²) in [5.41, 5.74) is 9.64. The number of anilines is 1. The van der Waals surface area contributed by atoms with Crippen molar-refractivity contribution in [1.29, 1.82) is 0 Å². The summed E-state index contributed by atoms with van der Waals surface area (Å²) in [7, 11) is 0. The lowest BCUT2D eigenvalue weighted by atomic mass is 9.85. The summed E-state index contributed by atoms with van der Waals surface area (Å²) in [6, 6.07) is 59.8. The van der Waals surface area contributed by atoms with E-state index in [-0.39, 0.29) is 0 Å². The number of thiophene rings is 1. The molecule has 0 saturated heterocycles. The molecule has 0 bridgehead atoms. The average molecular weight is 759 g/mol. The van der Waals surface area contributed by atoms with Gasteiger partial charge in [-0.2, -0.15) is 0 Å². The van der Waals surface area contributed by atoms with Crippen LogP contribution >= 0.6 is 11.3 Å². The smallest absolute Gasteiger partial charge is 0.164 e. The van der Waals surface area contributed by atoms with Crippen LogP contribution in [0.4, 0.5) is 5.69 Å². The average Bonchev–Trinajstić information content (AvgIpc) is 3.67. The Bertz CT molecular complexity index is 3230. The number of allylic oxidation sites excluding steroid dienone is 4. The Morgan fingerprint density at radius 1 is 0.448 bits per heavy atom. The number of hydrogen-bond donors (Lipinski definition) is 1. The minimum atomic E-state index is 0.593. The molecule has 4 nitrogen and oxygen atoms in total. The Balaban J connectivity index is 1.25. The van der Waals surface area contributed by atoms with Crippen molar-refractivity contribution in [3.05, 3.63) is 206 Å². The molecule has 0 amide bonds. The molecule has 1 N–H and O–H groups in total. The van der Waals surface area contributed by atoms with Gasteiger partial charge in [0.1, 0.15) is 0 Å². The van der Waals surface area contributed by atoms with E-state index >= 15 is 0 Å². The van der Waals surface area contributed by atoms with E-state index in [1.54, 1.807) is 0 Å². The first-order valence-electron chi connectivity index (χ1n) is 19.4. The van der Waals surface area contributed by atoms with Crippen molar-refractivity contribution in [1.82, 2.24) is 15.0 Å². The minimum absolute atomic E-state index is 0.593. The molecule has 0 fully saturated rings. The van der Waals surface area contributed by atoms with Crippen LogP contribution in [0.5, 0.6) is 0 Å². The van der Waals surface area contributed by atoms with Crippen LogP contribution in [-0.4, -0.2) is 15.0 Å². The highest BCUT2D eigenvalue weighted by molar-refractivity contribution is 7.26. The van der Waals surface area contributed by atoms with Gasteiger partial charge >= 0.3 is 0 Å². The quantitative estimate of drug-likeness (QED) is 0.182. The summed E-state index contributed by atoms with van der Waals surface area (Å²) in [4.78, 5) is 15.3. The third-order valence-electron chi connectivity index (χ3n) is 11.0. The van der Waals surface area contributed by atoms with E-state index in [2.05, 4.69) is 139 Å². The fraction of sp³-hybridized carbons (Fsp3) is 0. The maximum absolute atomic E-state index is 5.14. The molecule has 0 atom stereocenters. The van der Waals surface area contributed by atoms with Gasteiger partial charge in [0, 0.05) is 59.6 Å². The normalized spacial score (nSPS) is 14.6. The number of aromatic nitrogens is 3. The largest absolute Gasteiger partial charge is 0.361 e. The molecular weight excluding hydrogens is 725 g/mol. The number of hydrogen-bond acceptors (Lipinski definition) is 5. The van der Waals surface area contributed by atoms with Gasteiger partial charge in [-0.05, 0) is 57.1 Å². The third kappa shape index (κ3) is 5.80. The lowest BCUT2D eigenvalue weighted by Crippen LogP contribution is -2.02. The van der Waals surface area contributed by atoms with Crippen molar-refractivity contribution in [2.24, 2.45) is 0 Å². The van der Waals surface area contributed by atoms with Crippen LogP contribution < -0.4 is 5.32 Å². The molecule has 8 aromatic carbocycles. The van der Waals surface area contributed by atoms with E-state index in [9.17, 15) is 0 Å². The third-order valence-corrected chi connectivity index (χ3v) is 12.2. The van der Waals surface area contributed by atoms with Crippen LogP contribution in [0.3, 0.4) is 0 Å². The summed E-state index contributed by atoms with van der Waals surface area (Å²) in [5, 5.41) is 11.1. The van der Waals surface area contributed by atoms with Crippen LogP contribution in [0.2, 0.25) is 0 Å². The van der Waals surface area contributed by atoms with E-state index in [4.69, 9.17) is 15.0 Å². The molecule has 3 heterocycles. The predicted octanol–water partition coefficient (Wildman–Crippen LogP) is 14.2. The second-order valence-corrected chi connectivity index (χ2v) is 15.4. The summed E-state index contributed by atoms with van der Waals surface area (Å²) in [5.74, 6) is 1.84. The number of nitrogens with one attached hydrogen (secondary N) is 1. The Morgan fingerprint density at radius 3 is 1.66 bits per heavy atom. The highest BCUT2D eigenvalue weighted by Gasteiger charge is 2.23. The molecule has 11 rings (SSSR count). The van der Waals surface area contributed by atoms with E-state index < -0.39 is 0 Å². The number of nitrogens with zero attached hydrogens (tertiary/aromatic N) is 3. The number of rotatable bonds is 4. The lowest BCUT2D eigenvalue weighted by Gasteiger charge is -2.21. The molecular formula is C53H34N4S. The van der Waals surface area contributed by atoms with Crippen LogP contribution in [0.25, 0.3) is 98.4 Å². The van der Waals surface area contributed by atoms with Gasteiger partial charge in [0.25, 0.3) is 0 Å². The molecule has 272 valence electrons.